The van der Waals surface area contributed by atoms with E-state index < -0.39 is 0 Å². The third-order valence-corrected chi connectivity index (χ3v) is 10.5. The van der Waals surface area contributed by atoms with E-state index in [0.29, 0.717) is 0 Å². The highest BCUT2D eigenvalue weighted by molar-refractivity contribution is 6.17. The molecule has 0 unspecified atom stereocenters. The molecule has 0 saturated heterocycles. The molecule has 0 radical (unpaired) electrons. The number of fused-ring (bicyclic) bond motifs is 9. The lowest BCUT2D eigenvalue weighted by Gasteiger charge is -2.16. The number of hydrogen-bond donors (Lipinski definition) is 0. The van der Waals surface area contributed by atoms with Gasteiger partial charge >= 0.3 is 0 Å². The fraction of sp³-hybridized carbons (Fsp3) is 0. The lowest BCUT2D eigenvalue weighted by Crippen LogP contribution is -1.99. The zero-order chi connectivity index (χ0) is 33.5. The average molecular weight is 651 g/mol. The van der Waals surface area contributed by atoms with Gasteiger partial charge in [-0.25, -0.2) is 0 Å². The first-order valence-corrected chi connectivity index (χ1v) is 17.4. The lowest BCUT2D eigenvalue weighted by atomic mass is 9.94. The zero-order valence-electron chi connectivity index (χ0n) is 27.6. The first-order valence-electron chi connectivity index (χ1n) is 17.4. The monoisotopic (exact) mass is 650 g/mol. The molecule has 0 aliphatic rings. The molecule has 3 nitrogen and oxygen atoms in total. The topological polar surface area (TPSA) is 23.0 Å². The van der Waals surface area contributed by atoms with Crippen LogP contribution in [-0.2, 0) is 0 Å². The van der Waals surface area contributed by atoms with Gasteiger partial charge in [0.1, 0.15) is 11.2 Å². The van der Waals surface area contributed by atoms with E-state index >= 15 is 0 Å². The maximum Gasteiger partial charge on any atom is 0.136 e. The Morgan fingerprint density at radius 3 is 1.65 bits per heavy atom. The largest absolute Gasteiger partial charge is 0.456 e. The summed E-state index contributed by atoms with van der Waals surface area (Å²) in [4.78, 5) is 0. The smallest absolute Gasteiger partial charge is 0.136 e. The molecule has 51 heavy (non-hydrogen) atoms. The predicted octanol–water partition coefficient (Wildman–Crippen LogP) is 13.1. The molecule has 0 amide bonds. The Morgan fingerprint density at radius 2 is 0.902 bits per heavy atom. The van der Waals surface area contributed by atoms with Crippen LogP contribution >= 0.6 is 0 Å². The molecular formula is C48H30N2O. The van der Waals surface area contributed by atoms with Crippen LogP contribution in [-0.4, -0.2) is 9.13 Å². The van der Waals surface area contributed by atoms with Gasteiger partial charge < -0.3 is 13.6 Å². The van der Waals surface area contributed by atoms with Crippen molar-refractivity contribution < 1.29 is 4.42 Å². The van der Waals surface area contributed by atoms with E-state index in [4.69, 9.17) is 4.42 Å². The van der Waals surface area contributed by atoms with Crippen LogP contribution in [0.1, 0.15) is 0 Å². The van der Waals surface area contributed by atoms with E-state index in [9.17, 15) is 0 Å². The first kappa shape index (κ1) is 28.0. The summed E-state index contributed by atoms with van der Waals surface area (Å²) in [5, 5.41) is 7.20. The summed E-state index contributed by atoms with van der Waals surface area (Å²) >= 11 is 0. The minimum absolute atomic E-state index is 0.884. The molecule has 0 N–H and O–H groups in total. The first-order chi connectivity index (χ1) is 25.3. The van der Waals surface area contributed by atoms with Gasteiger partial charge in [0.05, 0.1) is 27.8 Å². The fourth-order valence-corrected chi connectivity index (χ4v) is 8.33. The fourth-order valence-electron chi connectivity index (χ4n) is 8.33. The van der Waals surface area contributed by atoms with Gasteiger partial charge in [-0.3, -0.25) is 0 Å². The van der Waals surface area contributed by atoms with E-state index in [1.807, 2.05) is 6.07 Å². The zero-order valence-corrected chi connectivity index (χ0v) is 27.6. The second-order valence-corrected chi connectivity index (χ2v) is 13.3. The SMILES string of the molecule is c1ccc(-c2cccc(-c3c(-n4c5ccccc5c5cc(-n6c7ccccc7c7ccccc76)ccc54)ccc4oc5ccccc5c34)c2)cc1. The van der Waals surface area contributed by atoms with Gasteiger partial charge in [-0.05, 0) is 77.4 Å². The Bertz CT molecular complexity index is 3090. The second-order valence-electron chi connectivity index (χ2n) is 13.3. The lowest BCUT2D eigenvalue weighted by molar-refractivity contribution is 0.669. The minimum Gasteiger partial charge on any atom is -0.456 e. The van der Waals surface area contributed by atoms with Gasteiger partial charge in [-0.15, -0.1) is 0 Å². The third-order valence-electron chi connectivity index (χ3n) is 10.5. The van der Waals surface area contributed by atoms with E-state index in [0.717, 1.165) is 50.0 Å². The Hall–Kier alpha value is -6.84. The van der Waals surface area contributed by atoms with Crippen molar-refractivity contribution in [3.05, 3.63) is 182 Å². The third kappa shape index (κ3) is 4.12. The number of para-hydroxylation sites is 4. The summed E-state index contributed by atoms with van der Waals surface area (Å²) in [5.74, 6) is 0. The highest BCUT2D eigenvalue weighted by Gasteiger charge is 2.22. The summed E-state index contributed by atoms with van der Waals surface area (Å²) in [6.07, 6.45) is 0. The van der Waals surface area contributed by atoms with Gasteiger partial charge in [-0.1, -0.05) is 121 Å². The molecule has 3 heteroatoms. The molecule has 0 aliphatic carbocycles. The second kappa shape index (κ2) is 10.8. The van der Waals surface area contributed by atoms with Gasteiger partial charge in [0.2, 0.25) is 0 Å². The van der Waals surface area contributed by atoms with Crippen molar-refractivity contribution in [2.45, 2.75) is 0 Å². The van der Waals surface area contributed by atoms with Crippen LogP contribution in [0.5, 0.6) is 0 Å². The van der Waals surface area contributed by atoms with Crippen LogP contribution < -0.4 is 0 Å². The average Bonchev–Trinajstić information content (AvgIpc) is 3.85. The van der Waals surface area contributed by atoms with Crippen LogP contribution in [0.4, 0.5) is 0 Å². The van der Waals surface area contributed by atoms with Crippen LogP contribution in [0.2, 0.25) is 0 Å². The van der Waals surface area contributed by atoms with Gasteiger partial charge in [0.25, 0.3) is 0 Å². The van der Waals surface area contributed by atoms with E-state index in [1.54, 1.807) is 0 Å². The molecule has 238 valence electrons. The highest BCUT2D eigenvalue weighted by Crippen LogP contribution is 2.44. The Kier molecular flexibility index (Phi) is 5.96. The highest BCUT2D eigenvalue weighted by atomic mass is 16.3. The number of furan rings is 1. The van der Waals surface area contributed by atoms with E-state index in [-0.39, 0.29) is 0 Å². The number of aromatic nitrogens is 2. The van der Waals surface area contributed by atoms with Crippen molar-refractivity contribution in [1.29, 1.82) is 0 Å². The van der Waals surface area contributed by atoms with Crippen molar-refractivity contribution in [1.82, 2.24) is 9.13 Å². The van der Waals surface area contributed by atoms with Gasteiger partial charge in [0.15, 0.2) is 0 Å². The van der Waals surface area contributed by atoms with Crippen LogP contribution in [0, 0.1) is 0 Å². The molecule has 11 rings (SSSR count). The Balaban J connectivity index is 1.23. The molecule has 0 saturated carbocycles. The minimum atomic E-state index is 0.884. The maximum absolute atomic E-state index is 6.49. The van der Waals surface area contributed by atoms with Crippen molar-refractivity contribution >= 4 is 65.6 Å². The number of hydrogen-bond acceptors (Lipinski definition) is 1. The number of rotatable bonds is 4. The Morgan fingerprint density at radius 1 is 0.333 bits per heavy atom. The molecule has 0 fully saturated rings. The molecular weight excluding hydrogens is 621 g/mol. The number of nitrogens with zero attached hydrogens (tertiary/aromatic N) is 2. The van der Waals surface area contributed by atoms with Crippen LogP contribution in [0.15, 0.2) is 186 Å². The van der Waals surface area contributed by atoms with Crippen LogP contribution in [0.25, 0.3) is 99.2 Å². The summed E-state index contributed by atoms with van der Waals surface area (Å²) in [6, 6.07) is 65.5. The van der Waals surface area contributed by atoms with Crippen molar-refractivity contribution in [3.8, 4) is 33.6 Å². The van der Waals surface area contributed by atoms with E-state index in [1.165, 1.54) is 49.2 Å². The summed E-state index contributed by atoms with van der Waals surface area (Å²) in [7, 11) is 0. The molecule has 8 aromatic carbocycles. The maximum atomic E-state index is 6.49. The van der Waals surface area contributed by atoms with Crippen LogP contribution in [0.3, 0.4) is 0 Å². The van der Waals surface area contributed by atoms with Gasteiger partial charge in [0, 0.05) is 43.6 Å². The quantitative estimate of drug-likeness (QED) is 0.186. The summed E-state index contributed by atoms with van der Waals surface area (Å²) in [5.41, 5.74) is 13.5. The standard InChI is InChI=1S/C48H30N2O/c1-2-13-31(14-3-1)32-15-12-16-33(29-32)47-44(27-28-46-48(47)38-20-7-11-24-45(38)51-46)50-42-23-10-6-19-37(42)39-30-34(25-26-43(39)50)49-40-21-8-4-17-35(40)36-18-5-9-22-41(36)49/h1-30H. The molecule has 0 spiro atoms. The number of benzene rings is 8. The summed E-state index contributed by atoms with van der Waals surface area (Å²) in [6.45, 7) is 0. The molecule has 3 heterocycles. The Labute approximate surface area is 293 Å². The normalized spacial score (nSPS) is 11.9. The summed E-state index contributed by atoms with van der Waals surface area (Å²) < 4.78 is 11.3. The van der Waals surface area contributed by atoms with E-state index in [2.05, 4.69) is 185 Å². The van der Waals surface area contributed by atoms with Gasteiger partial charge in [-0.2, -0.15) is 0 Å². The molecule has 11 aromatic rings. The molecule has 0 aliphatic heterocycles. The molecule has 3 aromatic heterocycles. The predicted molar refractivity (Wildman–Crippen MR) is 213 cm³/mol. The van der Waals surface area contributed by atoms with Crippen molar-refractivity contribution in [3.63, 3.8) is 0 Å². The van der Waals surface area contributed by atoms with Crippen molar-refractivity contribution in [2.75, 3.05) is 0 Å². The van der Waals surface area contributed by atoms with Crippen molar-refractivity contribution in [2.24, 2.45) is 0 Å². The molecule has 0 atom stereocenters. The molecule has 0 bridgehead atoms.